The SMILES string of the molecule is COc1ccc(CCNC(=O)CSc2ccc(C)c(C)c2)cc1OC. The second-order valence-corrected chi connectivity index (χ2v) is 6.87. The molecule has 0 heterocycles. The maximum Gasteiger partial charge on any atom is 0.230 e. The minimum absolute atomic E-state index is 0.0451. The molecule has 0 aliphatic rings. The topological polar surface area (TPSA) is 47.6 Å². The summed E-state index contributed by atoms with van der Waals surface area (Å²) in [6.07, 6.45) is 0.750. The second kappa shape index (κ2) is 9.37. The molecule has 0 bridgehead atoms. The predicted octanol–water partition coefficient (Wildman–Crippen LogP) is 3.77. The molecule has 0 fully saturated rings. The fraction of sp³-hybridized carbons (Fsp3) is 0.350. The standard InChI is InChI=1S/C20H25NO3S/c1-14-5-7-17(11-15(14)2)25-13-20(22)21-10-9-16-6-8-18(23-3)19(12-16)24-4/h5-8,11-12H,9-10,13H2,1-4H3,(H,21,22). The summed E-state index contributed by atoms with van der Waals surface area (Å²) in [4.78, 5) is 13.1. The Kier molecular flexibility index (Phi) is 7.19. The van der Waals surface area contributed by atoms with E-state index in [4.69, 9.17) is 9.47 Å². The Hall–Kier alpha value is -2.14. The van der Waals surface area contributed by atoms with E-state index in [1.165, 1.54) is 11.1 Å². The Morgan fingerprint density at radius 3 is 2.44 bits per heavy atom. The van der Waals surface area contributed by atoms with Crippen molar-refractivity contribution < 1.29 is 14.3 Å². The summed E-state index contributed by atoms with van der Waals surface area (Å²) >= 11 is 1.56. The number of aryl methyl sites for hydroxylation is 2. The number of carbonyl (C=O) groups is 1. The Morgan fingerprint density at radius 2 is 1.76 bits per heavy atom. The average molecular weight is 359 g/mol. The van der Waals surface area contributed by atoms with E-state index in [2.05, 4.69) is 37.4 Å². The van der Waals surface area contributed by atoms with Crippen LogP contribution in [0, 0.1) is 13.8 Å². The monoisotopic (exact) mass is 359 g/mol. The quantitative estimate of drug-likeness (QED) is 0.729. The Labute approximate surface area is 153 Å². The maximum absolute atomic E-state index is 12.0. The van der Waals surface area contributed by atoms with Crippen molar-refractivity contribution >= 4 is 17.7 Å². The van der Waals surface area contributed by atoms with Crippen molar-refractivity contribution in [3.05, 3.63) is 53.1 Å². The summed E-state index contributed by atoms with van der Waals surface area (Å²) in [5, 5.41) is 2.96. The molecule has 0 aliphatic heterocycles. The van der Waals surface area contributed by atoms with Crippen molar-refractivity contribution in [2.45, 2.75) is 25.2 Å². The van der Waals surface area contributed by atoms with E-state index in [1.807, 2.05) is 18.2 Å². The predicted molar refractivity (Wildman–Crippen MR) is 103 cm³/mol. The highest BCUT2D eigenvalue weighted by Gasteiger charge is 2.06. The van der Waals surface area contributed by atoms with Crippen LogP contribution in [0.3, 0.4) is 0 Å². The normalized spacial score (nSPS) is 10.4. The van der Waals surface area contributed by atoms with Crippen LogP contribution in [0.1, 0.15) is 16.7 Å². The molecule has 0 atom stereocenters. The van der Waals surface area contributed by atoms with Crippen LogP contribution in [0.2, 0.25) is 0 Å². The lowest BCUT2D eigenvalue weighted by atomic mass is 10.1. The van der Waals surface area contributed by atoms with Gasteiger partial charge in [-0.15, -0.1) is 11.8 Å². The highest BCUT2D eigenvalue weighted by molar-refractivity contribution is 8.00. The fourth-order valence-corrected chi connectivity index (χ4v) is 3.21. The van der Waals surface area contributed by atoms with E-state index in [0.29, 0.717) is 23.8 Å². The van der Waals surface area contributed by atoms with Crippen LogP contribution < -0.4 is 14.8 Å². The first kappa shape index (κ1) is 19.2. The molecule has 1 amide bonds. The molecule has 2 aromatic carbocycles. The minimum atomic E-state index is 0.0451. The zero-order valence-electron chi connectivity index (χ0n) is 15.2. The van der Waals surface area contributed by atoms with Gasteiger partial charge in [0.2, 0.25) is 5.91 Å². The molecule has 1 N–H and O–H groups in total. The van der Waals surface area contributed by atoms with Gasteiger partial charge in [-0.05, 0) is 61.2 Å². The zero-order chi connectivity index (χ0) is 18.2. The number of thioether (sulfide) groups is 1. The van der Waals surface area contributed by atoms with Crippen molar-refractivity contribution in [2.24, 2.45) is 0 Å². The fourth-order valence-electron chi connectivity index (χ4n) is 2.39. The van der Waals surface area contributed by atoms with Gasteiger partial charge < -0.3 is 14.8 Å². The number of hydrogen-bond donors (Lipinski definition) is 1. The summed E-state index contributed by atoms with van der Waals surface area (Å²) in [6, 6.07) is 12.1. The van der Waals surface area contributed by atoms with Crippen LogP contribution >= 0.6 is 11.8 Å². The van der Waals surface area contributed by atoms with Crippen molar-refractivity contribution in [1.29, 1.82) is 0 Å². The molecular weight excluding hydrogens is 334 g/mol. The van der Waals surface area contributed by atoms with E-state index in [-0.39, 0.29) is 5.91 Å². The van der Waals surface area contributed by atoms with Gasteiger partial charge in [0.1, 0.15) is 0 Å². The molecule has 0 spiro atoms. The Bertz CT molecular complexity index is 731. The molecule has 0 saturated carbocycles. The van der Waals surface area contributed by atoms with Gasteiger partial charge in [0, 0.05) is 11.4 Å². The van der Waals surface area contributed by atoms with Gasteiger partial charge in [0.25, 0.3) is 0 Å². The van der Waals surface area contributed by atoms with E-state index < -0.39 is 0 Å². The van der Waals surface area contributed by atoms with Crippen LogP contribution in [0.4, 0.5) is 0 Å². The highest BCUT2D eigenvalue weighted by atomic mass is 32.2. The van der Waals surface area contributed by atoms with E-state index in [1.54, 1.807) is 26.0 Å². The lowest BCUT2D eigenvalue weighted by Crippen LogP contribution is -2.27. The molecule has 2 rings (SSSR count). The zero-order valence-corrected chi connectivity index (χ0v) is 16.0. The molecule has 0 aromatic heterocycles. The molecule has 134 valence electrons. The number of ether oxygens (including phenoxy) is 2. The third-order valence-corrected chi connectivity index (χ3v) is 5.03. The van der Waals surface area contributed by atoms with Gasteiger partial charge in [0.15, 0.2) is 11.5 Å². The maximum atomic E-state index is 12.0. The van der Waals surface area contributed by atoms with Gasteiger partial charge in [-0.2, -0.15) is 0 Å². The first-order valence-electron chi connectivity index (χ1n) is 8.21. The van der Waals surface area contributed by atoms with Crippen molar-refractivity contribution in [2.75, 3.05) is 26.5 Å². The third kappa shape index (κ3) is 5.71. The molecule has 4 nitrogen and oxygen atoms in total. The smallest absolute Gasteiger partial charge is 0.230 e. The van der Waals surface area contributed by atoms with Crippen LogP contribution in [0.25, 0.3) is 0 Å². The number of hydrogen-bond acceptors (Lipinski definition) is 4. The molecule has 0 aliphatic carbocycles. The number of benzene rings is 2. The average Bonchev–Trinajstić information content (AvgIpc) is 2.62. The molecular formula is C20H25NO3S. The largest absolute Gasteiger partial charge is 0.493 e. The summed E-state index contributed by atoms with van der Waals surface area (Å²) in [5.41, 5.74) is 3.61. The molecule has 5 heteroatoms. The van der Waals surface area contributed by atoms with E-state index in [9.17, 15) is 4.79 Å². The Balaban J connectivity index is 1.77. The second-order valence-electron chi connectivity index (χ2n) is 5.82. The van der Waals surface area contributed by atoms with Crippen molar-refractivity contribution in [3.8, 4) is 11.5 Å². The Morgan fingerprint density at radius 1 is 1.00 bits per heavy atom. The van der Waals surface area contributed by atoms with Gasteiger partial charge >= 0.3 is 0 Å². The van der Waals surface area contributed by atoms with Gasteiger partial charge in [0.05, 0.1) is 20.0 Å². The molecule has 0 saturated heterocycles. The van der Waals surface area contributed by atoms with Gasteiger partial charge in [-0.3, -0.25) is 4.79 Å². The first-order valence-corrected chi connectivity index (χ1v) is 9.19. The highest BCUT2D eigenvalue weighted by Crippen LogP contribution is 2.27. The summed E-state index contributed by atoms with van der Waals surface area (Å²) in [5.74, 6) is 1.88. The first-order chi connectivity index (χ1) is 12.0. The summed E-state index contributed by atoms with van der Waals surface area (Å²) in [7, 11) is 3.23. The van der Waals surface area contributed by atoms with Crippen molar-refractivity contribution in [1.82, 2.24) is 5.32 Å². The van der Waals surface area contributed by atoms with Crippen LogP contribution in [0.5, 0.6) is 11.5 Å². The number of carbonyl (C=O) groups excluding carboxylic acids is 1. The van der Waals surface area contributed by atoms with Crippen LogP contribution in [0.15, 0.2) is 41.3 Å². The minimum Gasteiger partial charge on any atom is -0.493 e. The van der Waals surface area contributed by atoms with E-state index in [0.717, 1.165) is 16.9 Å². The van der Waals surface area contributed by atoms with Gasteiger partial charge in [-0.1, -0.05) is 12.1 Å². The van der Waals surface area contributed by atoms with E-state index >= 15 is 0 Å². The molecule has 2 aromatic rings. The lowest BCUT2D eigenvalue weighted by Gasteiger charge is -2.10. The van der Waals surface area contributed by atoms with Crippen molar-refractivity contribution in [3.63, 3.8) is 0 Å². The number of rotatable bonds is 8. The summed E-state index contributed by atoms with van der Waals surface area (Å²) in [6.45, 7) is 4.77. The molecule has 25 heavy (non-hydrogen) atoms. The van der Waals surface area contributed by atoms with Crippen LogP contribution in [-0.4, -0.2) is 32.4 Å². The van der Waals surface area contributed by atoms with Gasteiger partial charge in [-0.25, -0.2) is 0 Å². The number of amides is 1. The lowest BCUT2D eigenvalue weighted by molar-refractivity contribution is -0.118. The molecule has 0 radical (unpaired) electrons. The third-order valence-electron chi connectivity index (χ3n) is 4.03. The number of methoxy groups -OCH3 is 2. The number of nitrogens with one attached hydrogen (secondary N) is 1. The molecule has 0 unspecified atom stereocenters. The summed E-state index contributed by atoms with van der Waals surface area (Å²) < 4.78 is 10.5. The van der Waals surface area contributed by atoms with Crippen LogP contribution in [-0.2, 0) is 11.2 Å².